The minimum absolute atomic E-state index is 0.379. The molecule has 21 heavy (non-hydrogen) atoms. The van der Waals surface area contributed by atoms with E-state index in [4.69, 9.17) is 0 Å². The van der Waals surface area contributed by atoms with Crippen molar-refractivity contribution in [1.82, 2.24) is 0 Å². The van der Waals surface area contributed by atoms with Gasteiger partial charge in [-0.1, -0.05) is 37.3 Å². The molecule has 108 valence electrons. The molecular formula is C16H15NOS3. The van der Waals surface area contributed by atoms with Gasteiger partial charge in [-0.2, -0.15) is 0 Å². The van der Waals surface area contributed by atoms with E-state index < -0.39 is 0 Å². The summed E-state index contributed by atoms with van der Waals surface area (Å²) in [6.07, 6.45) is 0. The Balaban J connectivity index is 2.01. The largest absolute Gasteiger partial charge is 0.506 e. The molecule has 0 saturated heterocycles. The highest BCUT2D eigenvalue weighted by molar-refractivity contribution is 8.02. The first kappa shape index (κ1) is 14.6. The second-order valence-electron chi connectivity index (χ2n) is 4.39. The van der Waals surface area contributed by atoms with Crippen LogP contribution in [0.1, 0.15) is 6.92 Å². The molecule has 3 aromatic rings. The van der Waals surface area contributed by atoms with Gasteiger partial charge in [-0.15, -0.1) is 23.1 Å². The maximum absolute atomic E-state index is 10.4. The zero-order valence-corrected chi connectivity index (χ0v) is 13.9. The molecular weight excluding hydrogens is 318 g/mol. The van der Waals surface area contributed by atoms with Crippen molar-refractivity contribution in [3.63, 3.8) is 0 Å². The molecule has 0 aliphatic carbocycles. The van der Waals surface area contributed by atoms with Crippen molar-refractivity contribution in [2.45, 2.75) is 16.0 Å². The van der Waals surface area contributed by atoms with Crippen molar-refractivity contribution >= 4 is 51.5 Å². The lowest BCUT2D eigenvalue weighted by molar-refractivity contribution is 0.469. The summed E-state index contributed by atoms with van der Waals surface area (Å²) in [5.74, 6) is 1.31. The Morgan fingerprint density at radius 2 is 1.95 bits per heavy atom. The molecule has 2 nitrogen and oxygen atoms in total. The number of thioether (sulfide) groups is 1. The Hall–Kier alpha value is -1.30. The van der Waals surface area contributed by atoms with Crippen LogP contribution in [0.25, 0.3) is 10.8 Å². The fraction of sp³-hybridized carbons (Fsp3) is 0.125. The molecule has 0 bridgehead atoms. The normalized spacial score (nSPS) is 10.9. The molecule has 2 aromatic carbocycles. The van der Waals surface area contributed by atoms with Crippen LogP contribution >= 0.6 is 35.0 Å². The fourth-order valence-corrected chi connectivity index (χ4v) is 4.33. The van der Waals surface area contributed by atoms with Crippen LogP contribution < -0.4 is 4.72 Å². The van der Waals surface area contributed by atoms with E-state index in [0.717, 1.165) is 27.1 Å². The van der Waals surface area contributed by atoms with E-state index in [-0.39, 0.29) is 0 Å². The van der Waals surface area contributed by atoms with Gasteiger partial charge in [0.25, 0.3) is 0 Å². The lowest BCUT2D eigenvalue weighted by Gasteiger charge is -2.13. The van der Waals surface area contributed by atoms with Crippen molar-refractivity contribution in [2.75, 3.05) is 10.5 Å². The lowest BCUT2D eigenvalue weighted by atomic mass is 10.1. The van der Waals surface area contributed by atoms with Crippen molar-refractivity contribution in [1.29, 1.82) is 0 Å². The zero-order chi connectivity index (χ0) is 14.7. The molecule has 0 saturated carbocycles. The number of phenols is 1. The number of anilines is 1. The number of hydrogen-bond acceptors (Lipinski definition) is 5. The fourth-order valence-electron chi connectivity index (χ4n) is 2.11. The molecule has 2 N–H and O–H groups in total. The summed E-state index contributed by atoms with van der Waals surface area (Å²) in [5.41, 5.74) is 1.04. The van der Waals surface area contributed by atoms with Crippen molar-refractivity contribution in [2.24, 2.45) is 0 Å². The summed E-state index contributed by atoms with van der Waals surface area (Å²) in [6, 6.07) is 14.1. The predicted octanol–water partition coefficient (Wildman–Crippen LogP) is 5.84. The SMILES string of the molecule is CCSc1cc(NSc2cccs2)c2ccccc2c1O. The summed E-state index contributed by atoms with van der Waals surface area (Å²) < 4.78 is 4.64. The van der Waals surface area contributed by atoms with E-state index in [2.05, 4.69) is 23.1 Å². The number of nitrogens with one attached hydrogen (secondary N) is 1. The topological polar surface area (TPSA) is 32.3 Å². The summed E-state index contributed by atoms with van der Waals surface area (Å²) in [5, 5.41) is 14.4. The van der Waals surface area contributed by atoms with Crippen LogP contribution in [-0.2, 0) is 0 Å². The predicted molar refractivity (Wildman–Crippen MR) is 95.8 cm³/mol. The molecule has 0 unspecified atom stereocenters. The number of aromatic hydroxyl groups is 1. The molecule has 0 amide bonds. The molecule has 0 aliphatic rings. The van der Waals surface area contributed by atoms with Gasteiger partial charge in [-0.05, 0) is 35.2 Å². The third-order valence-electron chi connectivity index (χ3n) is 3.04. The highest BCUT2D eigenvalue weighted by Gasteiger charge is 2.11. The molecule has 0 atom stereocenters. The number of benzene rings is 2. The standard InChI is InChI=1S/C16H15NOS3/c1-2-19-14-10-13(17-21-15-8-5-9-20-15)11-6-3-4-7-12(11)16(14)18/h3-10,17-18H,2H2,1H3. The van der Waals surface area contributed by atoms with Crippen LogP contribution in [0.3, 0.4) is 0 Å². The molecule has 5 heteroatoms. The maximum atomic E-state index is 10.4. The molecule has 0 fully saturated rings. The van der Waals surface area contributed by atoms with Gasteiger partial charge in [0.2, 0.25) is 0 Å². The van der Waals surface area contributed by atoms with E-state index in [9.17, 15) is 5.11 Å². The smallest absolute Gasteiger partial charge is 0.137 e. The lowest BCUT2D eigenvalue weighted by Crippen LogP contribution is -1.90. The molecule has 0 spiro atoms. The van der Waals surface area contributed by atoms with E-state index in [1.165, 1.54) is 4.21 Å². The van der Waals surface area contributed by atoms with Gasteiger partial charge in [0.05, 0.1) is 14.8 Å². The average molecular weight is 334 g/mol. The van der Waals surface area contributed by atoms with Crippen LogP contribution in [0, 0.1) is 0 Å². The summed E-state index contributed by atoms with van der Waals surface area (Å²) in [7, 11) is 0. The van der Waals surface area contributed by atoms with Gasteiger partial charge in [0, 0.05) is 10.8 Å². The number of hydrogen-bond donors (Lipinski definition) is 2. The van der Waals surface area contributed by atoms with Crippen LogP contribution in [0.2, 0.25) is 0 Å². The number of phenolic OH excluding ortho intramolecular Hbond substituents is 1. The van der Waals surface area contributed by atoms with Crippen molar-refractivity contribution in [3.05, 3.63) is 47.8 Å². The van der Waals surface area contributed by atoms with E-state index in [1.807, 2.05) is 36.4 Å². The Morgan fingerprint density at radius 3 is 2.67 bits per heavy atom. The third-order valence-corrected chi connectivity index (χ3v) is 5.81. The van der Waals surface area contributed by atoms with Crippen LogP contribution in [0.5, 0.6) is 5.75 Å². The van der Waals surface area contributed by atoms with Crippen molar-refractivity contribution in [3.8, 4) is 5.75 Å². The summed E-state index contributed by atoms with van der Waals surface area (Å²) in [6.45, 7) is 2.09. The maximum Gasteiger partial charge on any atom is 0.137 e. The number of thiophene rings is 1. The van der Waals surface area contributed by atoms with Crippen molar-refractivity contribution < 1.29 is 5.11 Å². The van der Waals surface area contributed by atoms with E-state index in [1.54, 1.807) is 35.0 Å². The minimum Gasteiger partial charge on any atom is -0.506 e. The highest BCUT2D eigenvalue weighted by Crippen LogP contribution is 2.41. The molecule has 0 radical (unpaired) electrons. The Bertz CT molecular complexity index is 741. The average Bonchev–Trinajstić information content (AvgIpc) is 3.02. The number of rotatable bonds is 5. The Kier molecular flexibility index (Phi) is 4.63. The van der Waals surface area contributed by atoms with Crippen LogP contribution in [0.15, 0.2) is 56.9 Å². The second-order valence-corrected chi connectivity index (χ2v) is 7.75. The highest BCUT2D eigenvalue weighted by atomic mass is 32.2. The first-order valence-corrected chi connectivity index (χ1v) is 9.31. The quantitative estimate of drug-likeness (QED) is 0.349. The molecule has 3 rings (SSSR count). The van der Waals surface area contributed by atoms with E-state index in [0.29, 0.717) is 5.75 Å². The Morgan fingerprint density at radius 1 is 1.14 bits per heavy atom. The van der Waals surface area contributed by atoms with Gasteiger partial charge >= 0.3 is 0 Å². The summed E-state index contributed by atoms with van der Waals surface area (Å²) in [4.78, 5) is 0.922. The monoisotopic (exact) mass is 333 g/mol. The van der Waals surface area contributed by atoms with Crippen LogP contribution in [-0.4, -0.2) is 10.9 Å². The van der Waals surface area contributed by atoms with E-state index >= 15 is 0 Å². The van der Waals surface area contributed by atoms with Gasteiger partial charge in [-0.3, -0.25) is 0 Å². The van der Waals surface area contributed by atoms with Gasteiger partial charge in [0.1, 0.15) is 5.75 Å². The third kappa shape index (κ3) is 3.15. The first-order valence-electron chi connectivity index (χ1n) is 6.63. The second kappa shape index (κ2) is 6.64. The zero-order valence-electron chi connectivity index (χ0n) is 11.5. The van der Waals surface area contributed by atoms with Crippen LogP contribution in [0.4, 0.5) is 5.69 Å². The van der Waals surface area contributed by atoms with Gasteiger partial charge in [0.15, 0.2) is 0 Å². The molecule has 0 aliphatic heterocycles. The van der Waals surface area contributed by atoms with Gasteiger partial charge < -0.3 is 9.83 Å². The van der Waals surface area contributed by atoms with Gasteiger partial charge in [-0.25, -0.2) is 0 Å². The summed E-state index contributed by atoms with van der Waals surface area (Å²) >= 11 is 4.97. The first-order chi connectivity index (χ1) is 10.3. The number of fused-ring (bicyclic) bond motifs is 1. The molecule has 1 aromatic heterocycles. The molecule has 1 heterocycles. The minimum atomic E-state index is 0.379. The Labute approximate surface area is 136 Å².